The Morgan fingerprint density at radius 3 is 2.85 bits per heavy atom. The lowest BCUT2D eigenvalue weighted by Crippen LogP contribution is -2.34. The van der Waals surface area contributed by atoms with Crippen LogP contribution in [0.3, 0.4) is 0 Å². The van der Waals surface area contributed by atoms with E-state index < -0.39 is 0 Å². The third-order valence-corrected chi connectivity index (χ3v) is 2.45. The van der Waals surface area contributed by atoms with Crippen molar-refractivity contribution in [3.05, 3.63) is 0 Å². The molecule has 0 aliphatic carbocycles. The summed E-state index contributed by atoms with van der Waals surface area (Å²) < 4.78 is 11.1. The van der Waals surface area contributed by atoms with Crippen LogP contribution in [0.5, 0.6) is 0 Å². The molecule has 2 N–H and O–H groups in total. The maximum atomic E-state index is 5.64. The van der Waals surface area contributed by atoms with E-state index in [-0.39, 0.29) is 5.60 Å². The van der Waals surface area contributed by atoms with Crippen molar-refractivity contribution in [1.82, 2.24) is 0 Å². The van der Waals surface area contributed by atoms with Gasteiger partial charge >= 0.3 is 0 Å². The van der Waals surface area contributed by atoms with Crippen molar-refractivity contribution in [2.45, 2.75) is 44.8 Å². The molecule has 0 spiro atoms. The SMILES string of the molecule is CC(C)(CN)OCCC1CCCO1. The highest BCUT2D eigenvalue weighted by molar-refractivity contribution is 4.70. The quantitative estimate of drug-likeness (QED) is 0.705. The zero-order valence-corrected chi connectivity index (χ0v) is 8.71. The van der Waals surface area contributed by atoms with Gasteiger partial charge in [-0.1, -0.05) is 0 Å². The second kappa shape index (κ2) is 4.94. The Morgan fingerprint density at radius 2 is 2.31 bits per heavy atom. The van der Waals surface area contributed by atoms with Crippen molar-refractivity contribution in [1.29, 1.82) is 0 Å². The Kier molecular flexibility index (Phi) is 4.16. The molecule has 1 fully saturated rings. The van der Waals surface area contributed by atoms with Crippen LogP contribution in [0.1, 0.15) is 33.1 Å². The van der Waals surface area contributed by atoms with E-state index in [9.17, 15) is 0 Å². The van der Waals surface area contributed by atoms with Crippen LogP contribution in [0, 0.1) is 0 Å². The van der Waals surface area contributed by atoms with E-state index in [0.29, 0.717) is 12.6 Å². The average molecular weight is 187 g/mol. The average Bonchev–Trinajstić information content (AvgIpc) is 2.57. The molecule has 78 valence electrons. The van der Waals surface area contributed by atoms with Crippen LogP contribution in [0.4, 0.5) is 0 Å². The zero-order chi connectivity index (χ0) is 9.73. The number of nitrogens with two attached hydrogens (primary N) is 1. The van der Waals surface area contributed by atoms with E-state index in [2.05, 4.69) is 0 Å². The van der Waals surface area contributed by atoms with Crippen LogP contribution in [0.15, 0.2) is 0 Å². The van der Waals surface area contributed by atoms with Gasteiger partial charge in [0.2, 0.25) is 0 Å². The third-order valence-electron chi connectivity index (χ3n) is 2.45. The van der Waals surface area contributed by atoms with Gasteiger partial charge in [0.25, 0.3) is 0 Å². The van der Waals surface area contributed by atoms with Crippen molar-refractivity contribution in [2.75, 3.05) is 19.8 Å². The Labute approximate surface area is 80.6 Å². The highest BCUT2D eigenvalue weighted by Gasteiger charge is 2.19. The Bertz CT molecular complexity index is 142. The van der Waals surface area contributed by atoms with E-state index in [0.717, 1.165) is 19.6 Å². The molecule has 0 bridgehead atoms. The maximum Gasteiger partial charge on any atom is 0.0748 e. The topological polar surface area (TPSA) is 44.5 Å². The first-order valence-corrected chi connectivity index (χ1v) is 5.10. The minimum atomic E-state index is -0.182. The maximum absolute atomic E-state index is 5.64. The molecule has 0 aromatic heterocycles. The fourth-order valence-electron chi connectivity index (χ4n) is 1.40. The highest BCUT2D eigenvalue weighted by Crippen LogP contribution is 2.16. The summed E-state index contributed by atoms with van der Waals surface area (Å²) in [5.41, 5.74) is 5.36. The molecule has 1 aliphatic rings. The van der Waals surface area contributed by atoms with Gasteiger partial charge in [-0.15, -0.1) is 0 Å². The molecule has 1 saturated heterocycles. The molecule has 1 atom stereocenters. The first kappa shape index (κ1) is 11.0. The van der Waals surface area contributed by atoms with Gasteiger partial charge in [0, 0.05) is 19.8 Å². The van der Waals surface area contributed by atoms with Crippen molar-refractivity contribution in [2.24, 2.45) is 5.73 Å². The van der Waals surface area contributed by atoms with E-state index in [4.69, 9.17) is 15.2 Å². The molecule has 0 radical (unpaired) electrons. The molecule has 3 nitrogen and oxygen atoms in total. The smallest absolute Gasteiger partial charge is 0.0748 e. The van der Waals surface area contributed by atoms with Gasteiger partial charge in [-0.25, -0.2) is 0 Å². The zero-order valence-electron chi connectivity index (χ0n) is 8.71. The molecule has 3 heteroatoms. The molecule has 0 saturated carbocycles. The molecule has 13 heavy (non-hydrogen) atoms. The monoisotopic (exact) mass is 187 g/mol. The fourth-order valence-corrected chi connectivity index (χ4v) is 1.40. The third kappa shape index (κ3) is 4.07. The highest BCUT2D eigenvalue weighted by atomic mass is 16.5. The standard InChI is InChI=1S/C10H21NO2/c1-10(2,8-11)13-7-5-9-4-3-6-12-9/h9H,3-8,11H2,1-2H3. The molecule has 0 amide bonds. The van der Waals surface area contributed by atoms with Gasteiger partial charge in [0.1, 0.15) is 0 Å². The van der Waals surface area contributed by atoms with Gasteiger partial charge in [-0.2, -0.15) is 0 Å². The van der Waals surface area contributed by atoms with Crippen LogP contribution < -0.4 is 5.73 Å². The lowest BCUT2D eigenvalue weighted by molar-refractivity contribution is -0.0279. The predicted molar refractivity (Wildman–Crippen MR) is 52.7 cm³/mol. The molecule has 1 aliphatic heterocycles. The van der Waals surface area contributed by atoms with Gasteiger partial charge in [0.05, 0.1) is 11.7 Å². The fraction of sp³-hybridized carbons (Fsp3) is 1.00. The molecule has 1 rings (SSSR count). The summed E-state index contributed by atoms with van der Waals surface area (Å²) in [6.07, 6.45) is 3.81. The summed E-state index contributed by atoms with van der Waals surface area (Å²) in [6.45, 7) is 6.28. The lowest BCUT2D eigenvalue weighted by atomic mass is 10.1. The molecule has 0 aromatic rings. The van der Waals surface area contributed by atoms with E-state index in [1.807, 2.05) is 13.8 Å². The summed E-state index contributed by atoms with van der Waals surface area (Å²) >= 11 is 0. The van der Waals surface area contributed by atoms with Crippen molar-refractivity contribution in [3.8, 4) is 0 Å². The largest absolute Gasteiger partial charge is 0.378 e. The Morgan fingerprint density at radius 1 is 1.54 bits per heavy atom. The summed E-state index contributed by atoms with van der Waals surface area (Å²) in [7, 11) is 0. The van der Waals surface area contributed by atoms with Crippen LogP contribution >= 0.6 is 0 Å². The summed E-state index contributed by atoms with van der Waals surface area (Å²) in [5.74, 6) is 0. The molecular weight excluding hydrogens is 166 g/mol. The summed E-state index contributed by atoms with van der Waals surface area (Å²) in [4.78, 5) is 0. The van der Waals surface area contributed by atoms with Gasteiger partial charge in [-0.05, 0) is 33.1 Å². The summed E-state index contributed by atoms with van der Waals surface area (Å²) in [5, 5.41) is 0. The first-order valence-electron chi connectivity index (χ1n) is 5.10. The number of hydrogen-bond donors (Lipinski definition) is 1. The van der Waals surface area contributed by atoms with Gasteiger partial charge < -0.3 is 15.2 Å². The number of hydrogen-bond acceptors (Lipinski definition) is 3. The first-order chi connectivity index (χ1) is 6.14. The number of rotatable bonds is 5. The van der Waals surface area contributed by atoms with Crippen LogP contribution in [0.25, 0.3) is 0 Å². The van der Waals surface area contributed by atoms with E-state index in [1.54, 1.807) is 0 Å². The van der Waals surface area contributed by atoms with Crippen molar-refractivity contribution < 1.29 is 9.47 Å². The molecule has 1 unspecified atom stereocenters. The Hall–Kier alpha value is -0.120. The molecule has 0 aromatic carbocycles. The molecule has 1 heterocycles. The van der Waals surface area contributed by atoms with Crippen LogP contribution in [-0.2, 0) is 9.47 Å². The van der Waals surface area contributed by atoms with Gasteiger partial charge in [-0.3, -0.25) is 0 Å². The normalized spacial score (nSPS) is 23.8. The van der Waals surface area contributed by atoms with Crippen LogP contribution in [-0.4, -0.2) is 31.5 Å². The second-order valence-electron chi connectivity index (χ2n) is 4.24. The van der Waals surface area contributed by atoms with Gasteiger partial charge in [0.15, 0.2) is 0 Å². The van der Waals surface area contributed by atoms with E-state index >= 15 is 0 Å². The van der Waals surface area contributed by atoms with Crippen molar-refractivity contribution >= 4 is 0 Å². The Balaban J connectivity index is 2.06. The predicted octanol–water partition coefficient (Wildman–Crippen LogP) is 1.31. The van der Waals surface area contributed by atoms with Crippen LogP contribution in [0.2, 0.25) is 0 Å². The minimum Gasteiger partial charge on any atom is -0.378 e. The van der Waals surface area contributed by atoms with E-state index in [1.165, 1.54) is 12.8 Å². The lowest BCUT2D eigenvalue weighted by Gasteiger charge is -2.23. The van der Waals surface area contributed by atoms with Crippen molar-refractivity contribution in [3.63, 3.8) is 0 Å². The second-order valence-corrected chi connectivity index (χ2v) is 4.24. The molecular formula is C10H21NO2. The minimum absolute atomic E-state index is 0.182. The summed E-state index contributed by atoms with van der Waals surface area (Å²) in [6, 6.07) is 0. The number of ether oxygens (including phenoxy) is 2.